The molecule has 7 nitrogen and oxygen atoms in total. The van der Waals surface area contributed by atoms with Crippen molar-refractivity contribution in [1.82, 2.24) is 19.7 Å². The van der Waals surface area contributed by atoms with E-state index in [1.54, 1.807) is 12.4 Å². The van der Waals surface area contributed by atoms with Gasteiger partial charge in [0.2, 0.25) is 5.91 Å². The lowest BCUT2D eigenvalue weighted by atomic mass is 9.63. The number of carbonyl (C=O) groups excluding carboxylic acids is 1. The highest BCUT2D eigenvalue weighted by molar-refractivity contribution is 6.30. The molecule has 2 saturated carbocycles. The Morgan fingerprint density at radius 3 is 2.40 bits per heavy atom. The lowest BCUT2D eigenvalue weighted by Gasteiger charge is -2.49. The minimum atomic E-state index is -0.424. The maximum absolute atomic E-state index is 14.9. The summed E-state index contributed by atoms with van der Waals surface area (Å²) >= 11 is 6.26. The number of likely N-dealkylation sites (tertiary alicyclic amines) is 1. The van der Waals surface area contributed by atoms with Gasteiger partial charge in [-0.25, -0.2) is 9.37 Å². The van der Waals surface area contributed by atoms with Crippen LogP contribution in [0.4, 0.5) is 10.1 Å². The number of hydrogen-bond donors (Lipinski definition) is 1. The zero-order valence-electron chi connectivity index (χ0n) is 26.6. The van der Waals surface area contributed by atoms with Gasteiger partial charge >= 0.3 is 0 Å². The third kappa shape index (κ3) is 7.38. The van der Waals surface area contributed by atoms with E-state index in [1.807, 2.05) is 48.3 Å². The summed E-state index contributed by atoms with van der Waals surface area (Å²) in [6, 6.07) is 12.7. The molecule has 1 aromatic heterocycles. The van der Waals surface area contributed by atoms with Gasteiger partial charge in [-0.2, -0.15) is 5.10 Å². The molecule has 2 heterocycles. The van der Waals surface area contributed by atoms with E-state index in [4.69, 9.17) is 17.3 Å². The van der Waals surface area contributed by atoms with Gasteiger partial charge < -0.3 is 15.5 Å². The Labute approximate surface area is 272 Å². The van der Waals surface area contributed by atoms with Crippen LogP contribution in [0.1, 0.15) is 81.8 Å². The Hall–Kier alpha value is -2.97. The van der Waals surface area contributed by atoms with E-state index in [0.717, 1.165) is 75.0 Å². The van der Waals surface area contributed by atoms with Gasteiger partial charge in [0.15, 0.2) is 0 Å². The first-order chi connectivity index (χ1) is 21.8. The van der Waals surface area contributed by atoms with E-state index in [1.165, 1.54) is 38.2 Å². The molecule has 2 N–H and O–H groups in total. The molecule has 45 heavy (non-hydrogen) atoms. The maximum atomic E-state index is 14.9. The van der Waals surface area contributed by atoms with Crippen LogP contribution < -0.4 is 10.6 Å². The highest BCUT2D eigenvalue weighted by atomic mass is 35.5. The molecule has 1 saturated heterocycles. The van der Waals surface area contributed by atoms with E-state index < -0.39 is 6.04 Å². The number of carbonyl (C=O) groups is 1. The molecule has 1 atom stereocenters. The Bertz CT molecular complexity index is 1390. The number of benzene rings is 2. The second-order valence-electron chi connectivity index (χ2n) is 13.9. The third-order valence-corrected chi connectivity index (χ3v) is 11.3. The first-order valence-electron chi connectivity index (χ1n) is 17.0. The standard InChI is InChI=1S/C36H48ClFN6O/c1-26-21-30(38)11-16-33(26)44(32-14-12-31(39)13-15-32)34(22-27-7-9-29(37)10-8-27)35(45)42-19-17-36(18-20-42,23-43-25-40-24-41-43)28-5-3-2-4-6-28/h7-11,16,21,24-25,28,31-32,34H,2-6,12-15,17-20,22-23,39H2,1H3/t31?,32?,34-/m1/s1. The molecule has 0 unspecified atom stereocenters. The number of nitrogens with two attached hydrogens (primary N) is 1. The van der Waals surface area contributed by atoms with E-state index in [0.29, 0.717) is 17.4 Å². The molecule has 0 radical (unpaired) electrons. The van der Waals surface area contributed by atoms with Gasteiger partial charge in [-0.3, -0.25) is 9.48 Å². The second kappa shape index (κ2) is 14.2. The fourth-order valence-corrected chi connectivity index (χ4v) is 8.61. The summed E-state index contributed by atoms with van der Waals surface area (Å²) < 4.78 is 16.4. The van der Waals surface area contributed by atoms with Crippen molar-refractivity contribution in [2.75, 3.05) is 18.0 Å². The zero-order chi connectivity index (χ0) is 31.4. The lowest BCUT2D eigenvalue weighted by molar-refractivity contribution is -0.136. The second-order valence-corrected chi connectivity index (χ2v) is 14.3. The normalized spacial score (nSPS) is 23.1. The molecule has 2 aliphatic carbocycles. The van der Waals surface area contributed by atoms with Crippen molar-refractivity contribution < 1.29 is 9.18 Å². The number of hydrogen-bond acceptors (Lipinski definition) is 5. The summed E-state index contributed by atoms with van der Waals surface area (Å²) in [6.45, 7) is 4.27. The molecule has 6 rings (SSSR count). The van der Waals surface area contributed by atoms with E-state index in [2.05, 4.69) is 19.9 Å². The van der Waals surface area contributed by atoms with Gasteiger partial charge in [-0.1, -0.05) is 43.0 Å². The molecule has 0 spiro atoms. The predicted octanol–water partition coefficient (Wildman–Crippen LogP) is 6.96. The van der Waals surface area contributed by atoms with Crippen molar-refractivity contribution in [2.24, 2.45) is 17.1 Å². The number of rotatable bonds is 9. The number of aromatic nitrogens is 3. The van der Waals surface area contributed by atoms with Gasteiger partial charge in [0.25, 0.3) is 0 Å². The summed E-state index contributed by atoms with van der Waals surface area (Å²) in [4.78, 5) is 23.6. The molecule has 3 aliphatic rings. The Kier molecular flexibility index (Phi) is 10.1. The van der Waals surface area contributed by atoms with Crippen molar-refractivity contribution in [1.29, 1.82) is 0 Å². The quantitative estimate of drug-likeness (QED) is 0.275. The van der Waals surface area contributed by atoms with Crippen LogP contribution in [-0.2, 0) is 17.8 Å². The molecular weight excluding hydrogens is 587 g/mol. The monoisotopic (exact) mass is 634 g/mol. The Morgan fingerprint density at radius 2 is 1.76 bits per heavy atom. The molecule has 3 fully saturated rings. The number of nitrogens with zero attached hydrogens (tertiary/aromatic N) is 5. The predicted molar refractivity (Wildman–Crippen MR) is 178 cm³/mol. The molecule has 2 aromatic carbocycles. The van der Waals surface area contributed by atoms with Crippen LogP contribution in [0.5, 0.6) is 0 Å². The molecule has 9 heteroatoms. The number of piperidine rings is 1. The summed E-state index contributed by atoms with van der Waals surface area (Å²) in [5, 5.41) is 5.16. The number of aryl methyl sites for hydroxylation is 1. The number of amides is 1. The Balaban J connectivity index is 1.31. The van der Waals surface area contributed by atoms with Crippen LogP contribution in [0, 0.1) is 24.1 Å². The van der Waals surface area contributed by atoms with Crippen molar-refractivity contribution in [3.8, 4) is 0 Å². The SMILES string of the molecule is Cc1cc(F)ccc1N(C1CCC(N)CC1)[C@H](Cc1ccc(Cl)cc1)C(=O)N1CCC(Cn2cncn2)(C2CCCCC2)CC1. The van der Waals surface area contributed by atoms with E-state index in [-0.39, 0.29) is 29.2 Å². The molecule has 3 aromatic rings. The minimum absolute atomic E-state index is 0.114. The van der Waals surface area contributed by atoms with E-state index in [9.17, 15) is 9.18 Å². The van der Waals surface area contributed by atoms with Crippen molar-refractivity contribution in [3.63, 3.8) is 0 Å². The van der Waals surface area contributed by atoms with Gasteiger partial charge in [0.05, 0.1) is 0 Å². The molecular formula is C36H48ClFN6O. The van der Waals surface area contributed by atoms with Crippen molar-refractivity contribution in [3.05, 3.63) is 77.1 Å². The Morgan fingerprint density at radius 1 is 1.04 bits per heavy atom. The van der Waals surface area contributed by atoms with Crippen LogP contribution in [0.2, 0.25) is 5.02 Å². The maximum Gasteiger partial charge on any atom is 0.245 e. The van der Waals surface area contributed by atoms with Crippen LogP contribution in [0.15, 0.2) is 55.1 Å². The first-order valence-corrected chi connectivity index (χ1v) is 17.3. The zero-order valence-corrected chi connectivity index (χ0v) is 27.3. The van der Waals surface area contributed by atoms with E-state index >= 15 is 0 Å². The van der Waals surface area contributed by atoms with Crippen LogP contribution >= 0.6 is 11.6 Å². The van der Waals surface area contributed by atoms with Crippen molar-refractivity contribution in [2.45, 2.75) is 109 Å². The summed E-state index contributed by atoms with van der Waals surface area (Å²) in [7, 11) is 0. The molecule has 0 bridgehead atoms. The number of anilines is 1. The highest BCUT2D eigenvalue weighted by Gasteiger charge is 2.45. The molecule has 1 aliphatic heterocycles. The average Bonchev–Trinajstić information content (AvgIpc) is 3.57. The fraction of sp³-hybridized carbons (Fsp3) is 0.583. The van der Waals surface area contributed by atoms with Crippen molar-refractivity contribution >= 4 is 23.2 Å². The van der Waals surface area contributed by atoms with Gasteiger partial charge in [-0.05, 0) is 111 Å². The van der Waals surface area contributed by atoms with Crippen LogP contribution in [0.3, 0.4) is 0 Å². The average molecular weight is 635 g/mol. The third-order valence-electron chi connectivity index (χ3n) is 11.0. The number of halogens is 2. The van der Waals surface area contributed by atoms with Crippen LogP contribution in [-0.4, -0.2) is 56.8 Å². The first kappa shape index (κ1) is 32.0. The van der Waals surface area contributed by atoms with Crippen LogP contribution in [0.25, 0.3) is 0 Å². The largest absolute Gasteiger partial charge is 0.356 e. The topological polar surface area (TPSA) is 80.3 Å². The van der Waals surface area contributed by atoms with Gasteiger partial charge in [0.1, 0.15) is 24.5 Å². The fourth-order valence-electron chi connectivity index (χ4n) is 8.49. The van der Waals surface area contributed by atoms with Gasteiger partial charge in [0, 0.05) is 48.8 Å². The molecule has 1 amide bonds. The molecule has 242 valence electrons. The summed E-state index contributed by atoms with van der Waals surface area (Å²) in [5.41, 5.74) is 9.31. The van der Waals surface area contributed by atoms with Gasteiger partial charge in [-0.15, -0.1) is 0 Å². The lowest BCUT2D eigenvalue weighted by Crippen LogP contribution is -2.57. The highest BCUT2D eigenvalue weighted by Crippen LogP contribution is 2.47. The minimum Gasteiger partial charge on any atom is -0.356 e. The summed E-state index contributed by atoms with van der Waals surface area (Å²) in [6.07, 6.45) is 16.0. The smallest absolute Gasteiger partial charge is 0.245 e. The summed E-state index contributed by atoms with van der Waals surface area (Å²) in [5.74, 6) is 0.536.